The lowest BCUT2D eigenvalue weighted by Gasteiger charge is -2.48. The Morgan fingerprint density at radius 3 is 2.85 bits per heavy atom. The number of nitrogens with zero attached hydrogens (tertiary/aromatic N) is 3. The van der Waals surface area contributed by atoms with Crippen molar-refractivity contribution in [3.8, 4) is 0 Å². The van der Waals surface area contributed by atoms with Crippen LogP contribution in [0.5, 0.6) is 0 Å². The Balaban J connectivity index is 1.36. The number of H-pyrrole nitrogens is 2. The van der Waals surface area contributed by atoms with Crippen molar-refractivity contribution in [1.82, 2.24) is 24.4 Å². The van der Waals surface area contributed by atoms with Crippen LogP contribution in [-0.4, -0.2) is 37.5 Å². The molecule has 2 aliphatic rings. The van der Waals surface area contributed by atoms with Crippen molar-refractivity contribution in [1.29, 1.82) is 0 Å². The second-order valence-corrected chi connectivity index (χ2v) is 8.01. The lowest BCUT2D eigenvalue weighted by Crippen LogP contribution is -2.52. The van der Waals surface area contributed by atoms with Crippen molar-refractivity contribution < 1.29 is 0 Å². The minimum absolute atomic E-state index is 0.00295. The van der Waals surface area contributed by atoms with E-state index in [1.54, 1.807) is 0 Å². The first-order valence-electron chi connectivity index (χ1n) is 10.2. The van der Waals surface area contributed by atoms with Crippen molar-refractivity contribution in [3.05, 3.63) is 52.5 Å². The average molecular weight is 365 g/mol. The van der Waals surface area contributed by atoms with Gasteiger partial charge in [-0.2, -0.15) is 0 Å². The molecular weight excluding hydrogens is 338 g/mol. The van der Waals surface area contributed by atoms with Gasteiger partial charge in [0.15, 0.2) is 0 Å². The molecule has 0 radical (unpaired) electrons. The van der Waals surface area contributed by atoms with E-state index < -0.39 is 0 Å². The molecule has 1 fully saturated rings. The van der Waals surface area contributed by atoms with E-state index in [1.165, 1.54) is 43.5 Å². The maximum atomic E-state index is 12.3. The van der Waals surface area contributed by atoms with E-state index in [0.717, 1.165) is 43.5 Å². The van der Waals surface area contributed by atoms with Gasteiger partial charge in [0.1, 0.15) is 0 Å². The molecule has 6 nitrogen and oxygen atoms in total. The summed E-state index contributed by atoms with van der Waals surface area (Å²) in [4.78, 5) is 26.1. The third-order valence-corrected chi connectivity index (χ3v) is 6.57. The Labute approximate surface area is 158 Å². The van der Waals surface area contributed by atoms with Crippen LogP contribution in [0.25, 0.3) is 11.0 Å². The molecule has 142 valence electrons. The molecule has 6 heteroatoms. The summed E-state index contributed by atoms with van der Waals surface area (Å²) < 4.78 is 1.88. The Morgan fingerprint density at radius 1 is 1.11 bits per heavy atom. The Bertz CT molecular complexity index is 991. The number of rotatable bonds is 4. The molecule has 1 saturated carbocycles. The summed E-state index contributed by atoms with van der Waals surface area (Å²) in [7, 11) is 0. The van der Waals surface area contributed by atoms with E-state index in [2.05, 4.69) is 14.9 Å². The van der Waals surface area contributed by atoms with Crippen LogP contribution in [0.4, 0.5) is 0 Å². The fourth-order valence-electron chi connectivity index (χ4n) is 5.29. The van der Waals surface area contributed by atoms with Crippen molar-refractivity contribution in [3.63, 3.8) is 0 Å². The van der Waals surface area contributed by atoms with Crippen LogP contribution in [0, 0.1) is 0 Å². The summed E-state index contributed by atoms with van der Waals surface area (Å²) >= 11 is 0. The summed E-state index contributed by atoms with van der Waals surface area (Å²) in [6, 6.07) is 7.94. The average Bonchev–Trinajstić information content (AvgIpc) is 3.30. The SMILES string of the molecule is O=c1[nH]c2ccccc2n1CCCN1CCc2[nH]cnc2C12CCCCC2. The number of fused-ring (bicyclic) bond motifs is 3. The van der Waals surface area contributed by atoms with E-state index in [-0.39, 0.29) is 11.2 Å². The van der Waals surface area contributed by atoms with Gasteiger partial charge in [0.2, 0.25) is 0 Å². The maximum Gasteiger partial charge on any atom is 0.326 e. The standard InChI is InChI=1S/C21H27N5O/c27-20-24-16-7-2-3-8-18(16)26(20)13-6-12-25-14-9-17-19(23-15-22-17)21(25)10-4-1-5-11-21/h2-3,7-8,15H,1,4-6,9-14H2,(H,22,23)(H,24,27). The van der Waals surface area contributed by atoms with Gasteiger partial charge in [0, 0.05) is 31.7 Å². The summed E-state index contributed by atoms with van der Waals surface area (Å²) in [6.45, 7) is 2.85. The quantitative estimate of drug-likeness (QED) is 0.746. The van der Waals surface area contributed by atoms with Crippen molar-refractivity contribution in [2.24, 2.45) is 0 Å². The normalized spacial score (nSPS) is 19.6. The van der Waals surface area contributed by atoms with Gasteiger partial charge in [0.25, 0.3) is 0 Å². The summed E-state index contributed by atoms with van der Waals surface area (Å²) in [6.07, 6.45) is 10.2. The van der Waals surface area contributed by atoms with Crippen molar-refractivity contribution >= 4 is 11.0 Å². The largest absolute Gasteiger partial charge is 0.348 e. The van der Waals surface area contributed by atoms with Gasteiger partial charge in [-0.1, -0.05) is 31.4 Å². The topological polar surface area (TPSA) is 69.7 Å². The number of aromatic amines is 2. The van der Waals surface area contributed by atoms with Crippen molar-refractivity contribution in [2.75, 3.05) is 13.1 Å². The fourth-order valence-corrected chi connectivity index (χ4v) is 5.29. The van der Waals surface area contributed by atoms with E-state index in [4.69, 9.17) is 4.98 Å². The van der Waals surface area contributed by atoms with Crippen LogP contribution in [-0.2, 0) is 18.5 Å². The lowest BCUT2D eigenvalue weighted by atomic mass is 9.75. The van der Waals surface area contributed by atoms with E-state index in [0.29, 0.717) is 0 Å². The number of benzene rings is 1. The van der Waals surface area contributed by atoms with Gasteiger partial charge in [-0.3, -0.25) is 9.47 Å². The molecule has 3 heterocycles. The molecule has 0 amide bonds. The highest BCUT2D eigenvalue weighted by Gasteiger charge is 2.44. The summed E-state index contributed by atoms with van der Waals surface area (Å²) in [5, 5.41) is 0. The zero-order chi connectivity index (χ0) is 18.3. The second-order valence-electron chi connectivity index (χ2n) is 8.01. The third kappa shape index (κ3) is 2.74. The highest BCUT2D eigenvalue weighted by atomic mass is 16.1. The van der Waals surface area contributed by atoms with Crippen molar-refractivity contribution in [2.45, 2.75) is 57.0 Å². The van der Waals surface area contributed by atoms with Crippen LogP contribution in [0.1, 0.15) is 49.9 Å². The molecular formula is C21H27N5O. The molecule has 1 spiro atoms. The molecule has 2 aromatic heterocycles. The minimum Gasteiger partial charge on any atom is -0.348 e. The molecule has 5 rings (SSSR count). The van der Waals surface area contributed by atoms with Gasteiger partial charge in [0.05, 0.1) is 28.6 Å². The molecule has 1 aromatic carbocycles. The molecule has 0 unspecified atom stereocenters. The number of para-hydroxylation sites is 2. The maximum absolute atomic E-state index is 12.3. The first-order valence-corrected chi connectivity index (χ1v) is 10.2. The molecule has 1 aliphatic heterocycles. The third-order valence-electron chi connectivity index (χ3n) is 6.57. The number of aryl methyl sites for hydroxylation is 1. The highest BCUT2D eigenvalue weighted by Crippen LogP contribution is 2.45. The lowest BCUT2D eigenvalue weighted by molar-refractivity contribution is 0.0309. The number of aromatic nitrogens is 4. The highest BCUT2D eigenvalue weighted by molar-refractivity contribution is 5.74. The van der Waals surface area contributed by atoms with Crippen LogP contribution in [0.15, 0.2) is 35.4 Å². The van der Waals surface area contributed by atoms with E-state index in [1.807, 2.05) is 35.2 Å². The minimum atomic E-state index is -0.00295. The zero-order valence-electron chi connectivity index (χ0n) is 15.7. The summed E-state index contributed by atoms with van der Waals surface area (Å²) in [5.74, 6) is 0. The predicted molar refractivity (Wildman–Crippen MR) is 106 cm³/mol. The number of imidazole rings is 2. The first kappa shape index (κ1) is 16.8. The van der Waals surface area contributed by atoms with Gasteiger partial charge >= 0.3 is 5.69 Å². The fraction of sp³-hybridized carbons (Fsp3) is 0.524. The molecule has 27 heavy (non-hydrogen) atoms. The smallest absolute Gasteiger partial charge is 0.326 e. The van der Waals surface area contributed by atoms with Gasteiger partial charge in [-0.25, -0.2) is 9.78 Å². The van der Waals surface area contributed by atoms with Gasteiger partial charge < -0.3 is 9.97 Å². The Hall–Kier alpha value is -2.34. The summed E-state index contributed by atoms with van der Waals surface area (Å²) in [5.41, 5.74) is 4.65. The monoisotopic (exact) mass is 365 g/mol. The zero-order valence-corrected chi connectivity index (χ0v) is 15.7. The van der Waals surface area contributed by atoms with Crippen LogP contribution in [0.2, 0.25) is 0 Å². The number of hydrogen-bond acceptors (Lipinski definition) is 3. The van der Waals surface area contributed by atoms with Crippen LogP contribution >= 0.6 is 0 Å². The molecule has 0 atom stereocenters. The number of nitrogens with one attached hydrogen (secondary N) is 2. The Morgan fingerprint density at radius 2 is 1.96 bits per heavy atom. The van der Waals surface area contributed by atoms with Gasteiger partial charge in [-0.05, 0) is 31.4 Å². The van der Waals surface area contributed by atoms with Gasteiger partial charge in [-0.15, -0.1) is 0 Å². The molecule has 0 saturated heterocycles. The second kappa shape index (κ2) is 6.68. The molecule has 3 aromatic rings. The molecule has 2 N–H and O–H groups in total. The van der Waals surface area contributed by atoms with E-state index in [9.17, 15) is 4.79 Å². The molecule has 1 aliphatic carbocycles. The number of hydrogen-bond donors (Lipinski definition) is 2. The molecule has 0 bridgehead atoms. The first-order chi connectivity index (χ1) is 13.3. The van der Waals surface area contributed by atoms with Crippen LogP contribution in [0.3, 0.4) is 0 Å². The predicted octanol–water partition coefficient (Wildman–Crippen LogP) is 3.16. The Kier molecular flexibility index (Phi) is 4.16. The van der Waals surface area contributed by atoms with Crippen LogP contribution < -0.4 is 5.69 Å². The van der Waals surface area contributed by atoms with E-state index >= 15 is 0 Å².